The summed E-state index contributed by atoms with van der Waals surface area (Å²) in [4.78, 5) is 18.2. The highest BCUT2D eigenvalue weighted by atomic mass is 16.5. The molecular weight excluding hydrogens is 316 g/mol. The van der Waals surface area contributed by atoms with Crippen LogP contribution in [0.15, 0.2) is 24.3 Å². The van der Waals surface area contributed by atoms with E-state index in [9.17, 15) is 0 Å². The van der Waals surface area contributed by atoms with E-state index in [1.54, 1.807) is 0 Å². The van der Waals surface area contributed by atoms with E-state index in [1.165, 1.54) is 5.56 Å². The molecule has 24 heavy (non-hydrogen) atoms. The average Bonchev–Trinajstić information content (AvgIpc) is 2.58. The van der Waals surface area contributed by atoms with Crippen molar-refractivity contribution in [1.29, 1.82) is 0 Å². The van der Waals surface area contributed by atoms with Gasteiger partial charge in [0, 0.05) is 19.6 Å². The molecular formula is C16H26N2O6. The van der Waals surface area contributed by atoms with E-state index in [-0.39, 0.29) is 0 Å². The van der Waals surface area contributed by atoms with Crippen molar-refractivity contribution in [1.82, 2.24) is 5.32 Å². The van der Waals surface area contributed by atoms with E-state index in [4.69, 9.17) is 35.0 Å². The molecule has 0 aromatic heterocycles. The third-order valence-corrected chi connectivity index (χ3v) is 2.73. The molecule has 8 nitrogen and oxygen atoms in total. The molecule has 0 spiro atoms. The van der Waals surface area contributed by atoms with E-state index in [0.29, 0.717) is 26.4 Å². The summed E-state index contributed by atoms with van der Waals surface area (Å²) in [6, 6.07) is 8.17. The van der Waals surface area contributed by atoms with Gasteiger partial charge in [-0.3, -0.25) is 0 Å². The van der Waals surface area contributed by atoms with Crippen molar-refractivity contribution >= 4 is 11.9 Å². The summed E-state index contributed by atoms with van der Waals surface area (Å²) >= 11 is 0. The molecule has 0 fully saturated rings. The Kier molecular flexibility index (Phi) is 13.1. The maximum absolute atomic E-state index is 9.10. The van der Waals surface area contributed by atoms with Gasteiger partial charge in [-0.25, -0.2) is 9.59 Å². The second kappa shape index (κ2) is 14.4. The lowest BCUT2D eigenvalue weighted by Gasteiger charge is -2.08. The molecule has 0 aliphatic carbocycles. The molecule has 0 aliphatic heterocycles. The van der Waals surface area contributed by atoms with Gasteiger partial charge in [-0.05, 0) is 24.1 Å². The molecule has 1 rings (SSSR count). The van der Waals surface area contributed by atoms with Gasteiger partial charge in [0.1, 0.15) is 12.4 Å². The Hall–Kier alpha value is -2.16. The van der Waals surface area contributed by atoms with E-state index < -0.39 is 11.9 Å². The summed E-state index contributed by atoms with van der Waals surface area (Å²) < 4.78 is 11.0. The maximum atomic E-state index is 9.10. The first-order valence-electron chi connectivity index (χ1n) is 7.67. The Labute approximate surface area is 141 Å². The summed E-state index contributed by atoms with van der Waals surface area (Å²) in [5.41, 5.74) is 6.65. The number of nitrogens with one attached hydrogen (secondary N) is 1. The lowest BCUT2D eigenvalue weighted by atomic mass is 10.2. The number of rotatable bonds is 10. The SMILES string of the molecule is CCc1cccc(OCCOCCNCCN)c1.O=C(O)C(=O)O. The first-order chi connectivity index (χ1) is 11.5. The van der Waals surface area contributed by atoms with Gasteiger partial charge in [-0.2, -0.15) is 0 Å². The second-order valence-electron chi connectivity index (χ2n) is 4.61. The Balaban J connectivity index is 0.000000754. The maximum Gasteiger partial charge on any atom is 0.414 e. The summed E-state index contributed by atoms with van der Waals surface area (Å²) in [5, 5.41) is 18.0. The van der Waals surface area contributed by atoms with Crippen LogP contribution in [0.5, 0.6) is 5.75 Å². The van der Waals surface area contributed by atoms with Gasteiger partial charge in [-0.15, -0.1) is 0 Å². The van der Waals surface area contributed by atoms with Gasteiger partial charge in [0.05, 0.1) is 13.2 Å². The Morgan fingerprint density at radius 2 is 1.83 bits per heavy atom. The van der Waals surface area contributed by atoms with Gasteiger partial charge in [0.15, 0.2) is 0 Å². The van der Waals surface area contributed by atoms with Crippen molar-refractivity contribution in [3.05, 3.63) is 29.8 Å². The monoisotopic (exact) mass is 342 g/mol. The van der Waals surface area contributed by atoms with Crippen molar-refractivity contribution in [2.45, 2.75) is 13.3 Å². The predicted molar refractivity (Wildman–Crippen MR) is 89.3 cm³/mol. The summed E-state index contributed by atoms with van der Waals surface area (Å²) in [5.74, 6) is -2.73. The number of nitrogens with two attached hydrogens (primary N) is 1. The first-order valence-corrected chi connectivity index (χ1v) is 7.67. The van der Waals surface area contributed by atoms with Crippen LogP contribution in [0.4, 0.5) is 0 Å². The highest BCUT2D eigenvalue weighted by molar-refractivity contribution is 6.27. The summed E-state index contributed by atoms with van der Waals surface area (Å²) in [7, 11) is 0. The van der Waals surface area contributed by atoms with E-state index >= 15 is 0 Å². The standard InChI is InChI=1S/C14H24N2O2.C2H2O4/c1-2-13-4-3-5-14(12-13)18-11-10-17-9-8-16-7-6-15;3-1(4)2(5)6/h3-5,12,16H,2,6-11,15H2,1H3;(H,3,4)(H,5,6). The third kappa shape index (κ3) is 12.4. The molecule has 1 aromatic carbocycles. The minimum atomic E-state index is -1.82. The number of carboxylic acids is 2. The molecule has 0 saturated heterocycles. The molecule has 0 unspecified atom stereocenters. The van der Waals surface area contributed by atoms with Crippen molar-refractivity contribution in [3.63, 3.8) is 0 Å². The van der Waals surface area contributed by atoms with Crippen molar-refractivity contribution in [2.75, 3.05) is 39.5 Å². The van der Waals surface area contributed by atoms with E-state index in [0.717, 1.165) is 25.3 Å². The van der Waals surface area contributed by atoms with E-state index in [1.807, 2.05) is 12.1 Å². The highest BCUT2D eigenvalue weighted by Gasteiger charge is 2.04. The van der Waals surface area contributed by atoms with Gasteiger partial charge < -0.3 is 30.7 Å². The average molecular weight is 342 g/mol. The zero-order chi connectivity index (χ0) is 18.2. The largest absolute Gasteiger partial charge is 0.491 e. The number of benzene rings is 1. The smallest absolute Gasteiger partial charge is 0.414 e. The molecule has 5 N–H and O–H groups in total. The van der Waals surface area contributed by atoms with Gasteiger partial charge in [0.2, 0.25) is 0 Å². The van der Waals surface area contributed by atoms with Crippen LogP contribution in [0.1, 0.15) is 12.5 Å². The van der Waals surface area contributed by atoms with Crippen molar-refractivity contribution < 1.29 is 29.3 Å². The number of aryl methyl sites for hydroxylation is 1. The molecule has 0 amide bonds. The first kappa shape index (κ1) is 21.8. The van der Waals surface area contributed by atoms with E-state index in [2.05, 4.69) is 24.4 Å². The molecule has 0 bridgehead atoms. The normalized spacial score (nSPS) is 9.75. The molecule has 0 atom stereocenters. The minimum absolute atomic E-state index is 0.587. The fourth-order valence-electron chi connectivity index (χ4n) is 1.55. The van der Waals surface area contributed by atoms with Crippen LogP contribution in [0, 0.1) is 0 Å². The number of carbonyl (C=O) groups is 2. The Morgan fingerprint density at radius 1 is 1.12 bits per heavy atom. The van der Waals surface area contributed by atoms with Crippen molar-refractivity contribution in [2.24, 2.45) is 5.73 Å². The second-order valence-corrected chi connectivity index (χ2v) is 4.61. The van der Waals surface area contributed by atoms with Gasteiger partial charge in [0.25, 0.3) is 0 Å². The molecule has 1 aromatic rings. The summed E-state index contributed by atoms with van der Waals surface area (Å²) in [6.45, 7) is 6.36. The van der Waals surface area contributed by atoms with Crippen LogP contribution in [-0.2, 0) is 20.7 Å². The highest BCUT2D eigenvalue weighted by Crippen LogP contribution is 2.13. The zero-order valence-electron chi connectivity index (χ0n) is 13.9. The Bertz CT molecular complexity index is 469. The molecule has 0 heterocycles. The van der Waals surface area contributed by atoms with Crippen LogP contribution in [0.3, 0.4) is 0 Å². The fraction of sp³-hybridized carbons (Fsp3) is 0.500. The topological polar surface area (TPSA) is 131 Å². The summed E-state index contributed by atoms with van der Waals surface area (Å²) in [6.07, 6.45) is 1.03. The van der Waals surface area contributed by atoms with Crippen LogP contribution in [0.2, 0.25) is 0 Å². The minimum Gasteiger partial charge on any atom is -0.491 e. The molecule has 0 radical (unpaired) electrons. The Morgan fingerprint density at radius 3 is 2.42 bits per heavy atom. The zero-order valence-corrected chi connectivity index (χ0v) is 13.9. The number of hydrogen-bond donors (Lipinski definition) is 4. The van der Waals surface area contributed by atoms with Crippen LogP contribution < -0.4 is 15.8 Å². The predicted octanol–water partition coefficient (Wildman–Crippen LogP) is 0.348. The number of carboxylic acid groups (broad SMARTS) is 2. The van der Waals surface area contributed by atoms with Crippen LogP contribution >= 0.6 is 0 Å². The molecule has 136 valence electrons. The lowest BCUT2D eigenvalue weighted by Crippen LogP contribution is -2.26. The van der Waals surface area contributed by atoms with Crippen LogP contribution in [-0.4, -0.2) is 61.6 Å². The molecule has 0 saturated carbocycles. The third-order valence-electron chi connectivity index (χ3n) is 2.73. The van der Waals surface area contributed by atoms with Crippen LogP contribution in [0.25, 0.3) is 0 Å². The van der Waals surface area contributed by atoms with Gasteiger partial charge >= 0.3 is 11.9 Å². The number of ether oxygens (including phenoxy) is 2. The lowest BCUT2D eigenvalue weighted by molar-refractivity contribution is -0.159. The van der Waals surface area contributed by atoms with Crippen molar-refractivity contribution in [3.8, 4) is 5.75 Å². The number of hydrogen-bond acceptors (Lipinski definition) is 6. The van der Waals surface area contributed by atoms with Gasteiger partial charge in [-0.1, -0.05) is 19.1 Å². The number of aliphatic carboxylic acids is 2. The molecule has 0 aliphatic rings. The quantitative estimate of drug-likeness (QED) is 0.354. The fourth-order valence-corrected chi connectivity index (χ4v) is 1.55. The molecule has 8 heteroatoms.